The highest BCUT2D eigenvalue weighted by atomic mass is 35.5. The molecule has 0 aliphatic rings. The molecule has 2 N–H and O–H groups in total. The molecule has 0 fully saturated rings. The first-order valence-electron chi connectivity index (χ1n) is 4.79. The van der Waals surface area contributed by atoms with Gasteiger partial charge in [-0.1, -0.05) is 17.7 Å². The van der Waals surface area contributed by atoms with Gasteiger partial charge in [0.25, 0.3) is 0 Å². The molecule has 0 saturated carbocycles. The van der Waals surface area contributed by atoms with E-state index in [9.17, 15) is 4.39 Å². The third-order valence-electron chi connectivity index (χ3n) is 2.30. The summed E-state index contributed by atoms with van der Waals surface area (Å²) in [5.74, 6) is -0.377. The summed E-state index contributed by atoms with van der Waals surface area (Å²) in [6.45, 7) is 0. The number of hydrogen-bond acceptors (Lipinski definition) is 2. The molecule has 82 valence electrons. The molecule has 0 spiro atoms. The average molecular weight is 237 g/mol. The molecule has 0 radical (unpaired) electrons. The van der Waals surface area contributed by atoms with Crippen LogP contribution in [-0.2, 0) is 6.42 Å². The topological polar surface area (TPSA) is 38.9 Å². The molecule has 0 aliphatic heterocycles. The number of nitrogen functional groups attached to an aromatic ring is 1. The molecular formula is C12H10ClFN2. The third-order valence-corrected chi connectivity index (χ3v) is 2.61. The molecule has 0 atom stereocenters. The van der Waals surface area contributed by atoms with Gasteiger partial charge in [0.1, 0.15) is 5.82 Å². The van der Waals surface area contributed by atoms with E-state index in [0.29, 0.717) is 17.7 Å². The first kappa shape index (κ1) is 10.9. The summed E-state index contributed by atoms with van der Waals surface area (Å²) in [6, 6.07) is 6.34. The summed E-state index contributed by atoms with van der Waals surface area (Å²) >= 11 is 5.80. The first-order chi connectivity index (χ1) is 7.66. The lowest BCUT2D eigenvalue weighted by Gasteiger charge is -2.07. The Morgan fingerprint density at radius 3 is 2.88 bits per heavy atom. The normalized spacial score (nSPS) is 10.4. The maximum absolute atomic E-state index is 13.2. The van der Waals surface area contributed by atoms with E-state index in [1.807, 2.05) is 12.1 Å². The van der Waals surface area contributed by atoms with Crippen molar-refractivity contribution >= 4 is 17.3 Å². The van der Waals surface area contributed by atoms with Gasteiger partial charge in [-0.25, -0.2) is 4.39 Å². The number of rotatable bonds is 2. The van der Waals surface area contributed by atoms with E-state index >= 15 is 0 Å². The molecule has 0 saturated heterocycles. The second-order valence-corrected chi connectivity index (χ2v) is 3.91. The molecule has 0 aliphatic carbocycles. The molecule has 16 heavy (non-hydrogen) atoms. The predicted molar refractivity (Wildman–Crippen MR) is 62.9 cm³/mol. The Balaban J connectivity index is 2.35. The van der Waals surface area contributed by atoms with Gasteiger partial charge in [0, 0.05) is 18.8 Å². The quantitative estimate of drug-likeness (QED) is 0.814. The van der Waals surface area contributed by atoms with E-state index in [1.165, 1.54) is 12.1 Å². The van der Waals surface area contributed by atoms with Gasteiger partial charge in [0.15, 0.2) is 0 Å². The smallest absolute Gasteiger partial charge is 0.125 e. The van der Waals surface area contributed by atoms with Crippen LogP contribution in [-0.4, -0.2) is 4.98 Å². The fraction of sp³-hybridized carbons (Fsp3) is 0.0833. The Labute approximate surface area is 97.9 Å². The van der Waals surface area contributed by atoms with Gasteiger partial charge in [-0.2, -0.15) is 0 Å². The first-order valence-corrected chi connectivity index (χ1v) is 5.17. The maximum atomic E-state index is 13.2. The zero-order valence-corrected chi connectivity index (χ0v) is 9.21. The van der Waals surface area contributed by atoms with Gasteiger partial charge in [-0.05, 0) is 29.3 Å². The standard InChI is InChI=1S/C12H10ClFN2/c13-11-6-10(14)5-9(12(11)15)4-8-2-1-3-16-7-8/h1-3,5-7H,4,15H2. The van der Waals surface area contributed by atoms with Crippen molar-refractivity contribution in [3.63, 3.8) is 0 Å². The minimum atomic E-state index is -0.377. The minimum absolute atomic E-state index is 0.249. The molecule has 2 aromatic rings. The van der Waals surface area contributed by atoms with Gasteiger partial charge in [0.2, 0.25) is 0 Å². The number of nitrogens with two attached hydrogens (primary N) is 1. The fourth-order valence-electron chi connectivity index (χ4n) is 1.51. The fourth-order valence-corrected chi connectivity index (χ4v) is 1.73. The summed E-state index contributed by atoms with van der Waals surface area (Å²) in [7, 11) is 0. The summed E-state index contributed by atoms with van der Waals surface area (Å²) in [5, 5.41) is 0.249. The number of benzene rings is 1. The van der Waals surface area contributed by atoms with Gasteiger partial charge in [-0.15, -0.1) is 0 Å². The van der Waals surface area contributed by atoms with Crippen LogP contribution in [0, 0.1) is 5.82 Å². The van der Waals surface area contributed by atoms with Crippen LogP contribution in [0.25, 0.3) is 0 Å². The molecule has 2 rings (SSSR count). The number of aromatic nitrogens is 1. The summed E-state index contributed by atoms with van der Waals surface area (Å²) in [4.78, 5) is 3.99. The zero-order valence-electron chi connectivity index (χ0n) is 8.45. The summed E-state index contributed by atoms with van der Waals surface area (Å²) < 4.78 is 13.2. The van der Waals surface area contributed by atoms with Crippen LogP contribution < -0.4 is 5.73 Å². The molecule has 0 amide bonds. The Bertz CT molecular complexity index is 500. The van der Waals surface area contributed by atoms with Crippen LogP contribution in [0.15, 0.2) is 36.7 Å². The number of halogens is 2. The van der Waals surface area contributed by atoms with Crippen molar-refractivity contribution in [2.24, 2.45) is 0 Å². The van der Waals surface area contributed by atoms with E-state index in [-0.39, 0.29) is 10.8 Å². The molecule has 1 aromatic carbocycles. The number of nitrogens with zero attached hydrogens (tertiary/aromatic N) is 1. The van der Waals surface area contributed by atoms with Crippen LogP contribution in [0.4, 0.5) is 10.1 Å². The van der Waals surface area contributed by atoms with Crippen molar-refractivity contribution < 1.29 is 4.39 Å². The van der Waals surface area contributed by atoms with Crippen LogP contribution in [0.3, 0.4) is 0 Å². The molecule has 1 heterocycles. The maximum Gasteiger partial charge on any atom is 0.125 e. The lowest BCUT2D eigenvalue weighted by molar-refractivity contribution is 0.626. The van der Waals surface area contributed by atoms with Gasteiger partial charge in [0.05, 0.1) is 10.7 Å². The average Bonchev–Trinajstić information content (AvgIpc) is 2.27. The zero-order chi connectivity index (χ0) is 11.5. The summed E-state index contributed by atoms with van der Waals surface area (Å²) in [5.41, 5.74) is 7.85. The van der Waals surface area contributed by atoms with Crippen molar-refractivity contribution in [1.29, 1.82) is 0 Å². The van der Waals surface area contributed by atoms with Crippen molar-refractivity contribution in [3.8, 4) is 0 Å². The molecule has 1 aromatic heterocycles. The Kier molecular flexibility index (Phi) is 3.06. The van der Waals surface area contributed by atoms with Gasteiger partial charge in [-0.3, -0.25) is 4.98 Å². The SMILES string of the molecule is Nc1c(Cl)cc(F)cc1Cc1cccnc1. The monoisotopic (exact) mass is 236 g/mol. The summed E-state index contributed by atoms with van der Waals surface area (Å²) in [6.07, 6.45) is 3.93. The highest BCUT2D eigenvalue weighted by Crippen LogP contribution is 2.26. The van der Waals surface area contributed by atoms with Gasteiger partial charge < -0.3 is 5.73 Å². The van der Waals surface area contributed by atoms with Crippen LogP contribution in [0.2, 0.25) is 5.02 Å². The Hall–Kier alpha value is -1.61. The number of hydrogen-bond donors (Lipinski definition) is 1. The van der Waals surface area contributed by atoms with Crippen LogP contribution in [0.1, 0.15) is 11.1 Å². The number of pyridine rings is 1. The van der Waals surface area contributed by atoms with E-state index in [1.54, 1.807) is 12.4 Å². The van der Waals surface area contributed by atoms with Crippen LogP contribution >= 0.6 is 11.6 Å². The minimum Gasteiger partial charge on any atom is -0.397 e. The van der Waals surface area contributed by atoms with E-state index in [4.69, 9.17) is 17.3 Å². The molecule has 0 unspecified atom stereocenters. The number of anilines is 1. The second kappa shape index (κ2) is 4.49. The van der Waals surface area contributed by atoms with Crippen LogP contribution in [0.5, 0.6) is 0 Å². The largest absolute Gasteiger partial charge is 0.397 e. The van der Waals surface area contributed by atoms with E-state index < -0.39 is 0 Å². The van der Waals surface area contributed by atoms with Gasteiger partial charge >= 0.3 is 0 Å². The highest BCUT2D eigenvalue weighted by Gasteiger charge is 2.07. The molecule has 0 bridgehead atoms. The highest BCUT2D eigenvalue weighted by molar-refractivity contribution is 6.33. The van der Waals surface area contributed by atoms with E-state index in [2.05, 4.69) is 4.98 Å². The third kappa shape index (κ3) is 2.31. The Morgan fingerprint density at radius 1 is 1.38 bits per heavy atom. The molecular weight excluding hydrogens is 227 g/mol. The Morgan fingerprint density at radius 2 is 2.19 bits per heavy atom. The lowest BCUT2D eigenvalue weighted by Crippen LogP contribution is -1.98. The van der Waals surface area contributed by atoms with Crippen molar-refractivity contribution in [1.82, 2.24) is 4.98 Å². The second-order valence-electron chi connectivity index (χ2n) is 3.50. The lowest BCUT2D eigenvalue weighted by atomic mass is 10.0. The van der Waals surface area contributed by atoms with Crippen molar-refractivity contribution in [2.75, 3.05) is 5.73 Å². The predicted octanol–water partition coefficient (Wildman–Crippen LogP) is 3.05. The van der Waals surface area contributed by atoms with E-state index in [0.717, 1.165) is 5.56 Å². The molecule has 2 nitrogen and oxygen atoms in total. The van der Waals surface area contributed by atoms with Crippen molar-refractivity contribution in [2.45, 2.75) is 6.42 Å². The molecule has 4 heteroatoms. The van der Waals surface area contributed by atoms with Crippen molar-refractivity contribution in [3.05, 3.63) is 58.6 Å².